The van der Waals surface area contributed by atoms with Gasteiger partial charge in [-0.2, -0.15) is 0 Å². The average Bonchev–Trinajstić information content (AvgIpc) is 3.06. The standard InChI is InChI=1S/C27H38O5/c1-2-3-19-32-27(31)14-10-5-4-9-13-23-24(26(30)20-25(23)29)18-17-22(28)16-15-21-11-7-6-8-12-21/h4,6-9,11-12,17-18,22-24,26,28,30H,2-3,5,10,13-16,19-20H2,1H3/t22-,23+,24?,26+/m0/s1. The maximum absolute atomic E-state index is 12.3. The van der Waals surface area contributed by atoms with Gasteiger partial charge in [0.1, 0.15) is 5.78 Å². The van der Waals surface area contributed by atoms with Gasteiger partial charge in [0.2, 0.25) is 0 Å². The molecule has 32 heavy (non-hydrogen) atoms. The Bertz CT molecular complexity index is 740. The molecule has 1 saturated carbocycles. The number of carbonyl (C=O) groups excluding carboxylic acids is 2. The fraction of sp³-hybridized carbons (Fsp3) is 0.556. The fourth-order valence-corrected chi connectivity index (χ4v) is 3.97. The summed E-state index contributed by atoms with van der Waals surface area (Å²) < 4.78 is 5.14. The maximum Gasteiger partial charge on any atom is 0.305 e. The molecule has 0 radical (unpaired) electrons. The number of hydrogen-bond donors (Lipinski definition) is 2. The SMILES string of the molecule is CCCCOC(=O)CCCC=CC[C@H]1C(=O)C[C@@H](O)C1C=C[C@@H](O)CCc1ccccc1. The number of aryl methyl sites for hydroxylation is 1. The van der Waals surface area contributed by atoms with Gasteiger partial charge in [-0.1, -0.05) is 68.0 Å². The number of rotatable bonds is 14. The molecule has 0 aliphatic heterocycles. The van der Waals surface area contributed by atoms with Crippen molar-refractivity contribution in [1.82, 2.24) is 0 Å². The Balaban J connectivity index is 1.73. The van der Waals surface area contributed by atoms with Crippen molar-refractivity contribution in [3.05, 3.63) is 60.2 Å². The molecule has 1 aromatic carbocycles. The highest BCUT2D eigenvalue weighted by molar-refractivity contribution is 5.84. The molecule has 5 nitrogen and oxygen atoms in total. The van der Waals surface area contributed by atoms with Crippen molar-refractivity contribution in [2.45, 2.75) is 76.9 Å². The third kappa shape index (κ3) is 9.49. The fourth-order valence-electron chi connectivity index (χ4n) is 3.97. The summed E-state index contributed by atoms with van der Waals surface area (Å²) in [6.45, 7) is 2.55. The minimum absolute atomic E-state index is 0.0649. The first-order chi connectivity index (χ1) is 15.5. The molecule has 0 aromatic heterocycles. The number of ether oxygens (including phenoxy) is 1. The molecular formula is C27H38O5. The molecule has 0 amide bonds. The van der Waals surface area contributed by atoms with E-state index < -0.39 is 12.2 Å². The first kappa shape index (κ1) is 26.0. The van der Waals surface area contributed by atoms with Crippen LogP contribution < -0.4 is 0 Å². The van der Waals surface area contributed by atoms with Crippen LogP contribution in [-0.2, 0) is 20.7 Å². The molecule has 0 saturated heterocycles. The summed E-state index contributed by atoms with van der Waals surface area (Å²) in [5, 5.41) is 20.6. The van der Waals surface area contributed by atoms with Gasteiger partial charge in [0.05, 0.1) is 18.8 Å². The van der Waals surface area contributed by atoms with E-state index in [4.69, 9.17) is 4.74 Å². The van der Waals surface area contributed by atoms with Gasteiger partial charge in [0.25, 0.3) is 0 Å². The second-order valence-electron chi connectivity index (χ2n) is 8.57. The smallest absolute Gasteiger partial charge is 0.305 e. The molecule has 5 heteroatoms. The van der Waals surface area contributed by atoms with E-state index in [1.165, 1.54) is 5.56 Å². The summed E-state index contributed by atoms with van der Waals surface area (Å²) >= 11 is 0. The second-order valence-corrected chi connectivity index (χ2v) is 8.57. The van der Waals surface area contributed by atoms with Gasteiger partial charge in [-0.05, 0) is 44.1 Å². The van der Waals surface area contributed by atoms with Gasteiger partial charge in [-0.25, -0.2) is 0 Å². The van der Waals surface area contributed by atoms with Gasteiger partial charge in [0.15, 0.2) is 0 Å². The lowest BCUT2D eigenvalue weighted by atomic mass is 9.90. The maximum atomic E-state index is 12.3. The van der Waals surface area contributed by atoms with Crippen molar-refractivity contribution in [2.24, 2.45) is 11.8 Å². The highest BCUT2D eigenvalue weighted by atomic mass is 16.5. The molecule has 176 valence electrons. The Morgan fingerprint density at radius 2 is 2.00 bits per heavy atom. The first-order valence-corrected chi connectivity index (χ1v) is 11.9. The topological polar surface area (TPSA) is 83.8 Å². The molecule has 4 atom stereocenters. The van der Waals surface area contributed by atoms with Crippen LogP contribution in [0.3, 0.4) is 0 Å². The molecule has 2 N–H and O–H groups in total. The molecule has 1 aliphatic carbocycles. The largest absolute Gasteiger partial charge is 0.466 e. The van der Waals surface area contributed by atoms with Crippen molar-refractivity contribution in [3.8, 4) is 0 Å². The Kier molecular flexibility index (Phi) is 12.0. The van der Waals surface area contributed by atoms with Crippen molar-refractivity contribution in [2.75, 3.05) is 6.61 Å². The Morgan fingerprint density at radius 3 is 2.75 bits per heavy atom. The summed E-state index contributed by atoms with van der Waals surface area (Å²) in [7, 11) is 0. The quantitative estimate of drug-likeness (QED) is 0.251. The number of unbranched alkanes of at least 4 members (excludes halogenated alkanes) is 2. The van der Waals surface area contributed by atoms with Crippen LogP contribution in [0.15, 0.2) is 54.6 Å². The summed E-state index contributed by atoms with van der Waals surface area (Å²) in [6.07, 6.45) is 12.1. The van der Waals surface area contributed by atoms with E-state index in [1.807, 2.05) is 48.6 Å². The van der Waals surface area contributed by atoms with Crippen LogP contribution in [0.4, 0.5) is 0 Å². The first-order valence-electron chi connectivity index (χ1n) is 11.9. The van der Waals surface area contributed by atoms with E-state index in [-0.39, 0.29) is 30.0 Å². The van der Waals surface area contributed by atoms with E-state index in [9.17, 15) is 19.8 Å². The highest BCUT2D eigenvalue weighted by Crippen LogP contribution is 2.33. The lowest BCUT2D eigenvalue weighted by Crippen LogP contribution is -2.19. The van der Waals surface area contributed by atoms with Crippen LogP contribution in [0.5, 0.6) is 0 Å². The molecule has 1 aromatic rings. The lowest BCUT2D eigenvalue weighted by Gasteiger charge is -2.16. The monoisotopic (exact) mass is 442 g/mol. The zero-order chi connectivity index (χ0) is 23.2. The Labute approximate surface area is 192 Å². The zero-order valence-electron chi connectivity index (χ0n) is 19.2. The molecule has 1 unspecified atom stereocenters. The molecule has 0 spiro atoms. The van der Waals surface area contributed by atoms with Crippen molar-refractivity contribution in [1.29, 1.82) is 0 Å². The van der Waals surface area contributed by atoms with E-state index in [0.29, 0.717) is 25.9 Å². The molecule has 0 bridgehead atoms. The van der Waals surface area contributed by atoms with E-state index in [0.717, 1.165) is 32.1 Å². The van der Waals surface area contributed by atoms with Crippen LogP contribution in [0.25, 0.3) is 0 Å². The van der Waals surface area contributed by atoms with Crippen molar-refractivity contribution >= 4 is 11.8 Å². The van der Waals surface area contributed by atoms with E-state index >= 15 is 0 Å². The van der Waals surface area contributed by atoms with Gasteiger partial charge in [-0.3, -0.25) is 9.59 Å². The Hall–Kier alpha value is -2.24. The summed E-state index contributed by atoms with van der Waals surface area (Å²) in [6, 6.07) is 10.0. The van der Waals surface area contributed by atoms with Crippen LogP contribution in [-0.4, -0.2) is 40.8 Å². The van der Waals surface area contributed by atoms with E-state index in [2.05, 4.69) is 6.92 Å². The number of Topliss-reactive ketones (excluding diaryl/α,β-unsaturated/α-hetero) is 1. The van der Waals surface area contributed by atoms with Crippen molar-refractivity contribution in [3.63, 3.8) is 0 Å². The number of ketones is 1. The number of allylic oxidation sites excluding steroid dienone is 2. The minimum atomic E-state index is -0.698. The van der Waals surface area contributed by atoms with Crippen LogP contribution in [0.2, 0.25) is 0 Å². The van der Waals surface area contributed by atoms with Crippen LogP contribution in [0, 0.1) is 11.8 Å². The van der Waals surface area contributed by atoms with Crippen LogP contribution in [0.1, 0.15) is 63.9 Å². The minimum Gasteiger partial charge on any atom is -0.466 e. The number of aliphatic hydroxyl groups is 2. The van der Waals surface area contributed by atoms with Gasteiger partial charge < -0.3 is 14.9 Å². The number of carbonyl (C=O) groups is 2. The third-order valence-corrected chi connectivity index (χ3v) is 5.93. The molecule has 1 fully saturated rings. The normalized spacial score (nSPS) is 22.1. The summed E-state index contributed by atoms with van der Waals surface area (Å²) in [5.41, 5.74) is 1.17. The number of benzene rings is 1. The predicted molar refractivity (Wildman–Crippen MR) is 126 cm³/mol. The van der Waals surface area contributed by atoms with Crippen LogP contribution >= 0.6 is 0 Å². The van der Waals surface area contributed by atoms with E-state index in [1.54, 1.807) is 6.08 Å². The van der Waals surface area contributed by atoms with Gasteiger partial charge in [-0.15, -0.1) is 0 Å². The van der Waals surface area contributed by atoms with Crippen molar-refractivity contribution < 1.29 is 24.5 Å². The number of esters is 1. The van der Waals surface area contributed by atoms with Gasteiger partial charge in [0, 0.05) is 24.7 Å². The molecule has 2 rings (SSSR count). The summed E-state index contributed by atoms with van der Waals surface area (Å²) in [5.74, 6) is -0.628. The lowest BCUT2D eigenvalue weighted by molar-refractivity contribution is -0.143. The van der Waals surface area contributed by atoms with Gasteiger partial charge >= 0.3 is 5.97 Å². The highest BCUT2D eigenvalue weighted by Gasteiger charge is 2.39. The zero-order valence-corrected chi connectivity index (χ0v) is 19.2. The summed E-state index contributed by atoms with van der Waals surface area (Å²) in [4.78, 5) is 23.9. The average molecular weight is 443 g/mol. The Morgan fingerprint density at radius 1 is 1.22 bits per heavy atom. The third-order valence-electron chi connectivity index (χ3n) is 5.93. The molecular weight excluding hydrogens is 404 g/mol. The second kappa shape index (κ2) is 14.8. The number of aliphatic hydroxyl groups excluding tert-OH is 2. The predicted octanol–water partition coefficient (Wildman–Crippen LogP) is 4.56. The molecule has 1 aliphatic rings. The number of hydrogen-bond acceptors (Lipinski definition) is 5. The molecule has 0 heterocycles.